The Morgan fingerprint density at radius 3 is 2.71 bits per heavy atom. The number of hydrogen-bond donors (Lipinski definition) is 1. The number of hydrogen-bond acceptors (Lipinski definition) is 1. The smallest absolute Gasteiger partial charge is 0.384 e. The van der Waals surface area contributed by atoms with Crippen LogP contribution in [0, 0.1) is 5.92 Å². The Morgan fingerprint density at radius 1 is 1.41 bits per heavy atom. The average Bonchev–Trinajstić information content (AvgIpc) is 2.69. The van der Waals surface area contributed by atoms with E-state index in [9.17, 15) is 13.2 Å². The Labute approximate surface area is 99.0 Å². The minimum atomic E-state index is -4.25. The molecule has 0 aliphatic carbocycles. The van der Waals surface area contributed by atoms with Crippen molar-refractivity contribution in [3.8, 4) is 0 Å². The highest BCUT2D eigenvalue weighted by Gasteiger charge is 2.34. The van der Waals surface area contributed by atoms with Crippen LogP contribution in [-0.2, 0) is 6.18 Å². The quantitative estimate of drug-likeness (QED) is 0.818. The van der Waals surface area contributed by atoms with Crippen LogP contribution in [0.1, 0.15) is 37.3 Å². The lowest BCUT2D eigenvalue weighted by atomic mass is 9.86. The second kappa shape index (κ2) is 4.24. The maximum absolute atomic E-state index is 12.6. The third kappa shape index (κ3) is 2.26. The second-order valence-corrected chi connectivity index (χ2v) is 4.67. The number of alkyl halides is 3. The first-order chi connectivity index (χ1) is 7.93. The van der Waals surface area contributed by atoms with Gasteiger partial charge in [-0.05, 0) is 29.7 Å². The van der Waals surface area contributed by atoms with E-state index in [2.05, 4.69) is 19.2 Å². The molecule has 1 heterocycles. The molecule has 1 aromatic rings. The van der Waals surface area contributed by atoms with Crippen molar-refractivity contribution in [2.24, 2.45) is 5.92 Å². The van der Waals surface area contributed by atoms with E-state index in [1.807, 2.05) is 0 Å². The number of rotatable bonds is 2. The van der Waals surface area contributed by atoms with Gasteiger partial charge < -0.3 is 5.32 Å². The molecule has 2 rings (SSSR count). The van der Waals surface area contributed by atoms with Crippen molar-refractivity contribution >= 4 is 5.69 Å². The van der Waals surface area contributed by atoms with Crippen LogP contribution in [0.2, 0.25) is 0 Å². The van der Waals surface area contributed by atoms with Gasteiger partial charge in [-0.3, -0.25) is 0 Å². The van der Waals surface area contributed by atoms with E-state index in [0.717, 1.165) is 30.3 Å². The van der Waals surface area contributed by atoms with E-state index in [1.165, 1.54) is 6.07 Å². The Bertz CT molecular complexity index is 412. The maximum Gasteiger partial charge on any atom is 0.416 e. The van der Waals surface area contributed by atoms with Crippen molar-refractivity contribution in [2.75, 3.05) is 11.9 Å². The van der Waals surface area contributed by atoms with Crippen molar-refractivity contribution in [3.63, 3.8) is 0 Å². The zero-order valence-corrected chi connectivity index (χ0v) is 9.93. The van der Waals surface area contributed by atoms with E-state index < -0.39 is 11.7 Å². The highest BCUT2D eigenvalue weighted by Crippen LogP contribution is 2.40. The van der Waals surface area contributed by atoms with Crippen molar-refractivity contribution in [1.82, 2.24) is 0 Å². The molecule has 4 heteroatoms. The van der Waals surface area contributed by atoms with Crippen molar-refractivity contribution in [2.45, 2.75) is 32.4 Å². The Kier molecular flexibility index (Phi) is 3.06. The molecule has 0 aromatic heterocycles. The SMILES string of the molecule is CCC(C)C1CNc2ccc(C(F)(F)F)cc21. The normalized spacial score (nSPS) is 20.9. The van der Waals surface area contributed by atoms with E-state index >= 15 is 0 Å². The molecule has 0 saturated carbocycles. The van der Waals surface area contributed by atoms with Gasteiger partial charge in [0.25, 0.3) is 0 Å². The number of halogens is 3. The first-order valence-corrected chi connectivity index (χ1v) is 5.88. The third-order valence-electron chi connectivity index (χ3n) is 3.62. The lowest BCUT2D eigenvalue weighted by Crippen LogP contribution is -2.12. The molecule has 17 heavy (non-hydrogen) atoms. The van der Waals surface area contributed by atoms with Gasteiger partial charge in [-0.15, -0.1) is 0 Å². The molecular weight excluding hydrogens is 227 g/mol. The van der Waals surface area contributed by atoms with E-state index in [-0.39, 0.29) is 5.92 Å². The van der Waals surface area contributed by atoms with E-state index in [4.69, 9.17) is 0 Å². The predicted octanol–water partition coefficient (Wildman–Crippen LogP) is 4.26. The summed E-state index contributed by atoms with van der Waals surface area (Å²) in [6.45, 7) is 4.89. The number of fused-ring (bicyclic) bond motifs is 1. The average molecular weight is 243 g/mol. The highest BCUT2D eigenvalue weighted by molar-refractivity contribution is 5.59. The van der Waals surface area contributed by atoms with Gasteiger partial charge in [0.1, 0.15) is 0 Å². The van der Waals surface area contributed by atoms with Crippen LogP contribution >= 0.6 is 0 Å². The Morgan fingerprint density at radius 2 is 2.12 bits per heavy atom. The van der Waals surface area contributed by atoms with Gasteiger partial charge in [-0.25, -0.2) is 0 Å². The largest absolute Gasteiger partial charge is 0.416 e. The summed E-state index contributed by atoms with van der Waals surface area (Å²) in [4.78, 5) is 0. The van der Waals surface area contributed by atoms with Crippen LogP contribution in [0.3, 0.4) is 0 Å². The minimum absolute atomic E-state index is 0.192. The molecule has 0 fully saturated rings. The second-order valence-electron chi connectivity index (χ2n) is 4.67. The van der Waals surface area contributed by atoms with Crippen LogP contribution in [-0.4, -0.2) is 6.54 Å². The summed E-state index contributed by atoms with van der Waals surface area (Å²) < 4.78 is 37.9. The summed E-state index contributed by atoms with van der Waals surface area (Å²) >= 11 is 0. The van der Waals surface area contributed by atoms with Crippen LogP contribution in [0.15, 0.2) is 18.2 Å². The molecule has 94 valence electrons. The topological polar surface area (TPSA) is 12.0 Å². The fourth-order valence-corrected chi connectivity index (χ4v) is 2.33. The molecule has 1 aliphatic rings. The number of nitrogens with one attached hydrogen (secondary N) is 1. The summed E-state index contributed by atoms with van der Waals surface area (Å²) in [6, 6.07) is 3.98. The molecule has 1 nitrogen and oxygen atoms in total. The van der Waals surface area contributed by atoms with Crippen molar-refractivity contribution < 1.29 is 13.2 Å². The molecule has 1 aliphatic heterocycles. The standard InChI is InChI=1S/C13H16F3N/c1-3-8(2)11-7-17-12-5-4-9(6-10(11)12)13(14,15)16/h4-6,8,11,17H,3,7H2,1-2H3. The predicted molar refractivity (Wildman–Crippen MR) is 62.1 cm³/mol. The zero-order valence-electron chi connectivity index (χ0n) is 9.93. The van der Waals surface area contributed by atoms with Gasteiger partial charge in [-0.1, -0.05) is 20.3 Å². The molecule has 0 saturated heterocycles. The summed E-state index contributed by atoms with van der Waals surface area (Å²) in [6.07, 6.45) is -3.28. The van der Waals surface area contributed by atoms with Gasteiger partial charge in [-0.2, -0.15) is 13.2 Å². The summed E-state index contributed by atoms with van der Waals surface area (Å²) in [5.41, 5.74) is 1.12. The van der Waals surface area contributed by atoms with Crippen LogP contribution in [0.4, 0.5) is 18.9 Å². The molecule has 2 unspecified atom stereocenters. The first-order valence-electron chi connectivity index (χ1n) is 5.88. The zero-order chi connectivity index (χ0) is 12.6. The molecule has 1 N–H and O–H groups in total. The minimum Gasteiger partial charge on any atom is -0.384 e. The maximum atomic E-state index is 12.6. The summed E-state index contributed by atoms with van der Waals surface area (Å²) in [7, 11) is 0. The molecule has 2 atom stereocenters. The molecule has 0 spiro atoms. The Balaban J connectivity index is 2.37. The van der Waals surface area contributed by atoms with Gasteiger partial charge in [0.2, 0.25) is 0 Å². The van der Waals surface area contributed by atoms with Crippen LogP contribution < -0.4 is 5.32 Å². The van der Waals surface area contributed by atoms with Gasteiger partial charge in [0, 0.05) is 18.2 Å². The molecular formula is C13H16F3N. The molecule has 0 bridgehead atoms. The fourth-order valence-electron chi connectivity index (χ4n) is 2.33. The lowest BCUT2D eigenvalue weighted by molar-refractivity contribution is -0.137. The Hall–Kier alpha value is -1.19. The molecule has 1 aromatic carbocycles. The number of benzene rings is 1. The van der Waals surface area contributed by atoms with Gasteiger partial charge >= 0.3 is 6.18 Å². The van der Waals surface area contributed by atoms with Crippen molar-refractivity contribution in [1.29, 1.82) is 0 Å². The monoisotopic (exact) mass is 243 g/mol. The van der Waals surface area contributed by atoms with Crippen molar-refractivity contribution in [3.05, 3.63) is 29.3 Å². The summed E-state index contributed by atoms with van der Waals surface area (Å²) in [5, 5.41) is 3.18. The van der Waals surface area contributed by atoms with E-state index in [0.29, 0.717) is 5.92 Å². The first kappa shape index (κ1) is 12.3. The molecule has 0 amide bonds. The van der Waals surface area contributed by atoms with E-state index in [1.54, 1.807) is 6.07 Å². The van der Waals surface area contributed by atoms with Gasteiger partial charge in [0.15, 0.2) is 0 Å². The number of anilines is 1. The molecule has 0 radical (unpaired) electrons. The third-order valence-corrected chi connectivity index (χ3v) is 3.62. The van der Waals surface area contributed by atoms with Crippen LogP contribution in [0.5, 0.6) is 0 Å². The van der Waals surface area contributed by atoms with Gasteiger partial charge in [0.05, 0.1) is 5.56 Å². The summed E-state index contributed by atoms with van der Waals surface area (Å²) in [5.74, 6) is 0.588. The van der Waals surface area contributed by atoms with Crippen LogP contribution in [0.25, 0.3) is 0 Å². The highest BCUT2D eigenvalue weighted by atomic mass is 19.4. The fraction of sp³-hybridized carbons (Fsp3) is 0.538. The lowest BCUT2D eigenvalue weighted by Gasteiger charge is -2.18.